The van der Waals surface area contributed by atoms with Gasteiger partial charge in [0.2, 0.25) is 0 Å². The topological polar surface area (TPSA) is 26.0 Å². The van der Waals surface area contributed by atoms with Crippen molar-refractivity contribution in [2.45, 2.75) is 38.6 Å². The van der Waals surface area contributed by atoms with Crippen molar-refractivity contribution >= 4 is 11.6 Å². The lowest BCUT2D eigenvalue weighted by atomic mass is 9.79. The molecule has 0 spiro atoms. The van der Waals surface area contributed by atoms with Crippen LogP contribution in [0.5, 0.6) is 0 Å². The van der Waals surface area contributed by atoms with Gasteiger partial charge in [0.25, 0.3) is 0 Å². The minimum Gasteiger partial charge on any atom is -0.328 e. The van der Waals surface area contributed by atoms with Gasteiger partial charge < -0.3 is 5.73 Å². The fourth-order valence-corrected chi connectivity index (χ4v) is 2.11. The smallest absolute Gasteiger partial charge is 0.128 e. The lowest BCUT2D eigenvalue weighted by molar-refractivity contribution is 0.417. The van der Waals surface area contributed by atoms with Crippen LogP contribution in [0.15, 0.2) is 18.2 Å². The molecule has 0 saturated carbocycles. The van der Waals surface area contributed by atoms with Crippen LogP contribution in [0.3, 0.4) is 0 Å². The Kier molecular flexibility index (Phi) is 3.74. The SMILES string of the molecule is CC(N)CC(C)(C)c1ccc(Cl)cc1F. The van der Waals surface area contributed by atoms with E-state index in [4.69, 9.17) is 17.3 Å². The minimum atomic E-state index is -0.261. The molecule has 84 valence electrons. The van der Waals surface area contributed by atoms with E-state index < -0.39 is 0 Å². The molecule has 1 atom stereocenters. The van der Waals surface area contributed by atoms with E-state index in [9.17, 15) is 4.39 Å². The number of hydrogen-bond donors (Lipinski definition) is 1. The molecule has 0 aliphatic heterocycles. The van der Waals surface area contributed by atoms with Crippen LogP contribution in [0.4, 0.5) is 4.39 Å². The van der Waals surface area contributed by atoms with E-state index in [1.807, 2.05) is 20.8 Å². The van der Waals surface area contributed by atoms with E-state index in [1.54, 1.807) is 12.1 Å². The van der Waals surface area contributed by atoms with Crippen molar-refractivity contribution in [1.82, 2.24) is 0 Å². The second-order valence-electron chi connectivity index (χ2n) is 4.69. The molecule has 0 radical (unpaired) electrons. The van der Waals surface area contributed by atoms with E-state index in [0.29, 0.717) is 10.6 Å². The molecule has 1 rings (SSSR count). The summed E-state index contributed by atoms with van der Waals surface area (Å²) in [5.74, 6) is -0.256. The molecule has 1 aromatic rings. The summed E-state index contributed by atoms with van der Waals surface area (Å²) in [6.07, 6.45) is 0.742. The summed E-state index contributed by atoms with van der Waals surface area (Å²) in [5.41, 5.74) is 6.16. The second-order valence-corrected chi connectivity index (χ2v) is 5.13. The number of nitrogens with two attached hydrogens (primary N) is 1. The Morgan fingerprint density at radius 2 is 2.07 bits per heavy atom. The van der Waals surface area contributed by atoms with Crippen LogP contribution in [0.25, 0.3) is 0 Å². The standard InChI is InChI=1S/C12H17ClFN/c1-8(15)7-12(2,3)10-5-4-9(13)6-11(10)14/h4-6,8H,7,15H2,1-3H3. The molecule has 3 heteroatoms. The van der Waals surface area contributed by atoms with E-state index in [1.165, 1.54) is 6.07 Å². The van der Waals surface area contributed by atoms with Gasteiger partial charge in [0, 0.05) is 11.1 Å². The van der Waals surface area contributed by atoms with Gasteiger partial charge in [-0.1, -0.05) is 31.5 Å². The van der Waals surface area contributed by atoms with Crippen LogP contribution in [0.2, 0.25) is 5.02 Å². The van der Waals surface area contributed by atoms with Crippen LogP contribution >= 0.6 is 11.6 Å². The number of benzene rings is 1. The summed E-state index contributed by atoms with van der Waals surface area (Å²) < 4.78 is 13.7. The lowest BCUT2D eigenvalue weighted by Gasteiger charge is -2.27. The Labute approximate surface area is 95.4 Å². The van der Waals surface area contributed by atoms with Crippen molar-refractivity contribution in [3.63, 3.8) is 0 Å². The Morgan fingerprint density at radius 1 is 1.47 bits per heavy atom. The summed E-state index contributed by atoms with van der Waals surface area (Å²) >= 11 is 5.71. The molecule has 0 heterocycles. The molecule has 1 aromatic carbocycles. The summed E-state index contributed by atoms with van der Waals surface area (Å²) in [7, 11) is 0. The van der Waals surface area contributed by atoms with Gasteiger partial charge in [-0.2, -0.15) is 0 Å². The molecule has 2 N–H and O–H groups in total. The predicted octanol–water partition coefficient (Wildman–Crippen LogP) is 3.49. The zero-order chi connectivity index (χ0) is 11.6. The highest BCUT2D eigenvalue weighted by molar-refractivity contribution is 6.30. The minimum absolute atomic E-state index is 0.0510. The maximum absolute atomic E-state index is 13.7. The van der Waals surface area contributed by atoms with Crippen molar-refractivity contribution in [3.8, 4) is 0 Å². The normalized spacial score (nSPS) is 14.0. The molecular formula is C12H17ClFN. The summed E-state index contributed by atoms with van der Waals surface area (Å²) in [5, 5.41) is 0.424. The third kappa shape index (κ3) is 3.18. The van der Waals surface area contributed by atoms with Crippen LogP contribution in [0, 0.1) is 5.82 Å². The first-order chi connectivity index (χ1) is 6.83. The van der Waals surface area contributed by atoms with Crippen molar-refractivity contribution in [3.05, 3.63) is 34.6 Å². The zero-order valence-corrected chi connectivity index (χ0v) is 10.1. The van der Waals surface area contributed by atoms with Gasteiger partial charge in [0.05, 0.1) is 0 Å². The van der Waals surface area contributed by atoms with Crippen molar-refractivity contribution in [2.75, 3.05) is 0 Å². The second kappa shape index (κ2) is 4.50. The first-order valence-corrected chi connectivity index (χ1v) is 5.42. The van der Waals surface area contributed by atoms with Gasteiger partial charge in [-0.05, 0) is 36.5 Å². The molecule has 0 aromatic heterocycles. The summed E-state index contributed by atoms with van der Waals surface area (Å²) in [6.45, 7) is 5.90. The highest BCUT2D eigenvalue weighted by Crippen LogP contribution is 2.31. The largest absolute Gasteiger partial charge is 0.328 e. The quantitative estimate of drug-likeness (QED) is 0.844. The van der Waals surface area contributed by atoms with Gasteiger partial charge >= 0.3 is 0 Å². The van der Waals surface area contributed by atoms with E-state index in [2.05, 4.69) is 0 Å². The molecule has 0 saturated heterocycles. The lowest BCUT2D eigenvalue weighted by Crippen LogP contribution is -2.29. The molecule has 1 nitrogen and oxygen atoms in total. The third-order valence-electron chi connectivity index (χ3n) is 2.49. The molecule has 0 bridgehead atoms. The number of hydrogen-bond acceptors (Lipinski definition) is 1. The molecule has 0 aliphatic carbocycles. The fraction of sp³-hybridized carbons (Fsp3) is 0.500. The van der Waals surface area contributed by atoms with Gasteiger partial charge in [-0.3, -0.25) is 0 Å². The third-order valence-corrected chi connectivity index (χ3v) is 2.73. The highest BCUT2D eigenvalue weighted by atomic mass is 35.5. The average molecular weight is 230 g/mol. The van der Waals surface area contributed by atoms with Crippen LogP contribution in [-0.2, 0) is 5.41 Å². The van der Waals surface area contributed by atoms with Gasteiger partial charge in [-0.15, -0.1) is 0 Å². The molecule has 1 unspecified atom stereocenters. The van der Waals surface area contributed by atoms with Gasteiger partial charge in [0.15, 0.2) is 0 Å². The number of rotatable bonds is 3. The van der Waals surface area contributed by atoms with E-state index in [0.717, 1.165) is 6.42 Å². The molecule has 0 amide bonds. The molecule has 15 heavy (non-hydrogen) atoms. The Bertz CT molecular complexity index is 347. The Morgan fingerprint density at radius 3 is 2.53 bits per heavy atom. The molecular weight excluding hydrogens is 213 g/mol. The molecule has 0 aliphatic rings. The number of halogens is 2. The average Bonchev–Trinajstić information content (AvgIpc) is 1.99. The first kappa shape index (κ1) is 12.5. The van der Waals surface area contributed by atoms with Crippen molar-refractivity contribution in [1.29, 1.82) is 0 Å². The molecule has 0 fully saturated rings. The van der Waals surface area contributed by atoms with Gasteiger partial charge in [-0.25, -0.2) is 4.39 Å². The summed E-state index contributed by atoms with van der Waals surface area (Å²) in [6, 6.07) is 4.85. The van der Waals surface area contributed by atoms with E-state index >= 15 is 0 Å². The van der Waals surface area contributed by atoms with Crippen LogP contribution < -0.4 is 5.73 Å². The van der Waals surface area contributed by atoms with E-state index in [-0.39, 0.29) is 17.3 Å². The predicted molar refractivity (Wildman–Crippen MR) is 62.7 cm³/mol. The highest BCUT2D eigenvalue weighted by Gasteiger charge is 2.25. The van der Waals surface area contributed by atoms with Crippen LogP contribution in [0.1, 0.15) is 32.8 Å². The van der Waals surface area contributed by atoms with Crippen LogP contribution in [-0.4, -0.2) is 6.04 Å². The zero-order valence-electron chi connectivity index (χ0n) is 9.35. The summed E-state index contributed by atoms with van der Waals surface area (Å²) in [4.78, 5) is 0. The van der Waals surface area contributed by atoms with Crippen molar-refractivity contribution < 1.29 is 4.39 Å². The van der Waals surface area contributed by atoms with Crippen molar-refractivity contribution in [2.24, 2.45) is 5.73 Å². The monoisotopic (exact) mass is 229 g/mol. The maximum atomic E-state index is 13.7. The Balaban J connectivity index is 3.04. The maximum Gasteiger partial charge on any atom is 0.128 e. The Hall–Kier alpha value is -0.600. The first-order valence-electron chi connectivity index (χ1n) is 5.04. The fourth-order valence-electron chi connectivity index (χ4n) is 1.95. The van der Waals surface area contributed by atoms with Gasteiger partial charge in [0.1, 0.15) is 5.82 Å².